The van der Waals surface area contributed by atoms with Crippen LogP contribution in [0.3, 0.4) is 0 Å². The van der Waals surface area contributed by atoms with Crippen LogP contribution in [-0.2, 0) is 13.6 Å². The number of quaternary nitrogens is 1. The lowest BCUT2D eigenvalue weighted by Gasteiger charge is -2.28. The third kappa shape index (κ3) is 23.2. The molecule has 0 saturated heterocycles. The predicted octanol–water partition coefficient (Wildman–Crippen LogP) is 6.06. The second kappa shape index (κ2) is 20.4. The van der Waals surface area contributed by atoms with Crippen LogP contribution in [0.4, 0.5) is 0 Å². The fraction of sp³-hybridized carbons (Fsp3) is 1.00. The van der Waals surface area contributed by atoms with E-state index in [1.807, 2.05) is 21.1 Å². The highest BCUT2D eigenvalue weighted by atomic mass is 31.2. The first-order valence-corrected chi connectivity index (χ1v) is 14.7. The van der Waals surface area contributed by atoms with Crippen LogP contribution in [0, 0.1) is 5.92 Å². The van der Waals surface area contributed by atoms with E-state index in [0.29, 0.717) is 11.0 Å². The topological polar surface area (TPSA) is 78.8 Å². The lowest BCUT2D eigenvalue weighted by Crippen LogP contribution is -2.37. The summed E-state index contributed by atoms with van der Waals surface area (Å²) >= 11 is 0. The number of hydrogen-bond acceptors (Lipinski definition) is 5. The fourth-order valence-electron chi connectivity index (χ4n) is 3.69. The second-order valence-electron chi connectivity index (χ2n) is 10.4. The van der Waals surface area contributed by atoms with Gasteiger partial charge in [0, 0.05) is 12.5 Å². The van der Waals surface area contributed by atoms with Crippen molar-refractivity contribution < 1.29 is 28.1 Å². The maximum Gasteiger partial charge on any atom is 0.268 e. The molecule has 7 heteroatoms. The van der Waals surface area contributed by atoms with Crippen molar-refractivity contribution >= 4 is 7.82 Å². The average Bonchev–Trinajstić information content (AvgIpc) is 2.72. The average molecular weight is 480 g/mol. The molecule has 194 valence electrons. The molecule has 0 heterocycles. The van der Waals surface area contributed by atoms with Gasteiger partial charge in [-0.05, 0) is 6.42 Å². The number of hydrogen-bond donors (Lipinski definition) is 1. The summed E-state index contributed by atoms with van der Waals surface area (Å²) in [4.78, 5) is 11.8. The third-order valence-electron chi connectivity index (χ3n) is 5.95. The van der Waals surface area contributed by atoms with Crippen LogP contribution in [0.5, 0.6) is 0 Å². The first-order valence-electron chi connectivity index (χ1n) is 13.2. The molecular formula is C25H54NO5P. The Balaban J connectivity index is 3.56. The SMILES string of the molecule is CCCCCCCCCCCCCCCCCC(CO)COP(=O)([O-])OCC[N+](C)(C)C. The lowest BCUT2D eigenvalue weighted by atomic mass is 10.0. The van der Waals surface area contributed by atoms with Crippen molar-refractivity contribution in [2.24, 2.45) is 5.92 Å². The first kappa shape index (κ1) is 32.0. The molecule has 0 aromatic rings. The molecule has 32 heavy (non-hydrogen) atoms. The van der Waals surface area contributed by atoms with E-state index in [-0.39, 0.29) is 25.7 Å². The van der Waals surface area contributed by atoms with Gasteiger partial charge in [-0.2, -0.15) is 0 Å². The Labute approximate surface area is 199 Å². The van der Waals surface area contributed by atoms with Crippen LogP contribution < -0.4 is 4.89 Å². The lowest BCUT2D eigenvalue weighted by molar-refractivity contribution is -0.870. The minimum absolute atomic E-state index is 0.000255. The largest absolute Gasteiger partial charge is 0.756 e. The summed E-state index contributed by atoms with van der Waals surface area (Å²) in [6, 6.07) is 0. The second-order valence-corrected chi connectivity index (χ2v) is 11.8. The van der Waals surface area contributed by atoms with Gasteiger partial charge in [-0.15, -0.1) is 0 Å². The van der Waals surface area contributed by atoms with Gasteiger partial charge < -0.3 is 23.5 Å². The molecule has 0 aliphatic carbocycles. The molecule has 0 saturated carbocycles. The minimum atomic E-state index is -4.29. The highest BCUT2D eigenvalue weighted by molar-refractivity contribution is 7.45. The van der Waals surface area contributed by atoms with Crippen molar-refractivity contribution in [2.45, 2.75) is 110 Å². The molecule has 0 aliphatic heterocycles. The van der Waals surface area contributed by atoms with Gasteiger partial charge >= 0.3 is 0 Å². The zero-order chi connectivity index (χ0) is 24.1. The summed E-state index contributed by atoms with van der Waals surface area (Å²) in [6.45, 7) is 2.89. The minimum Gasteiger partial charge on any atom is -0.756 e. The summed E-state index contributed by atoms with van der Waals surface area (Å²) in [7, 11) is 1.62. The van der Waals surface area contributed by atoms with Gasteiger partial charge in [0.05, 0.1) is 27.7 Å². The molecule has 0 amide bonds. The quantitative estimate of drug-likeness (QED) is 0.103. The van der Waals surface area contributed by atoms with E-state index in [0.717, 1.165) is 19.3 Å². The highest BCUT2D eigenvalue weighted by Crippen LogP contribution is 2.38. The van der Waals surface area contributed by atoms with Gasteiger partial charge in [0.15, 0.2) is 0 Å². The number of likely N-dealkylation sites (N-methyl/N-ethyl adjacent to an activating group) is 1. The van der Waals surface area contributed by atoms with Gasteiger partial charge in [-0.1, -0.05) is 103 Å². The van der Waals surface area contributed by atoms with Crippen LogP contribution in [0.2, 0.25) is 0 Å². The summed E-state index contributed by atoms with van der Waals surface area (Å²) in [5.74, 6) is -0.152. The van der Waals surface area contributed by atoms with Crippen molar-refractivity contribution in [1.29, 1.82) is 0 Å². The normalized spacial score (nSPS) is 15.1. The molecule has 1 N–H and O–H groups in total. The van der Waals surface area contributed by atoms with Crippen LogP contribution in [0.15, 0.2) is 0 Å². The molecule has 0 bridgehead atoms. The van der Waals surface area contributed by atoms with E-state index in [2.05, 4.69) is 6.92 Å². The zero-order valence-corrected chi connectivity index (χ0v) is 22.6. The maximum absolute atomic E-state index is 11.8. The Hall–Kier alpha value is 0.0300. The summed E-state index contributed by atoms with van der Waals surface area (Å²) in [5, 5.41) is 9.51. The number of unbranched alkanes of at least 4 members (excludes halogenated alkanes) is 14. The van der Waals surface area contributed by atoms with Crippen LogP contribution in [0.1, 0.15) is 110 Å². The first-order chi connectivity index (χ1) is 15.2. The standard InChI is InChI=1S/C25H54NO5P/c1-5-6-7-8-9-10-11-12-13-14-15-16-17-18-19-20-25(23-27)24-31-32(28,29)30-22-21-26(2,3)4/h25,27H,5-24H2,1-4H3. The smallest absolute Gasteiger partial charge is 0.268 e. The Kier molecular flexibility index (Phi) is 20.4. The Morgan fingerprint density at radius 1 is 0.781 bits per heavy atom. The van der Waals surface area contributed by atoms with E-state index in [4.69, 9.17) is 9.05 Å². The van der Waals surface area contributed by atoms with E-state index in [1.54, 1.807) is 0 Å². The van der Waals surface area contributed by atoms with Crippen LogP contribution in [0.25, 0.3) is 0 Å². The molecule has 2 unspecified atom stereocenters. The fourth-order valence-corrected chi connectivity index (χ4v) is 4.47. The van der Waals surface area contributed by atoms with Crippen molar-refractivity contribution in [2.75, 3.05) is 47.5 Å². The Morgan fingerprint density at radius 3 is 1.62 bits per heavy atom. The van der Waals surface area contributed by atoms with Gasteiger partial charge in [0.25, 0.3) is 7.82 Å². The Morgan fingerprint density at radius 2 is 1.22 bits per heavy atom. The van der Waals surface area contributed by atoms with E-state index < -0.39 is 7.82 Å². The van der Waals surface area contributed by atoms with Gasteiger partial charge in [0.1, 0.15) is 13.2 Å². The number of phosphoric acid groups is 1. The molecule has 6 nitrogen and oxygen atoms in total. The predicted molar refractivity (Wildman–Crippen MR) is 133 cm³/mol. The number of rotatable bonds is 24. The molecular weight excluding hydrogens is 425 g/mol. The van der Waals surface area contributed by atoms with Crippen LogP contribution >= 0.6 is 7.82 Å². The number of nitrogens with zero attached hydrogens (tertiary/aromatic N) is 1. The van der Waals surface area contributed by atoms with Crippen molar-refractivity contribution in [3.05, 3.63) is 0 Å². The van der Waals surface area contributed by atoms with E-state index >= 15 is 0 Å². The monoisotopic (exact) mass is 479 g/mol. The highest BCUT2D eigenvalue weighted by Gasteiger charge is 2.16. The molecule has 0 aromatic heterocycles. The number of aliphatic hydroxyl groups is 1. The molecule has 0 spiro atoms. The van der Waals surface area contributed by atoms with Crippen molar-refractivity contribution in [3.63, 3.8) is 0 Å². The van der Waals surface area contributed by atoms with E-state index in [1.165, 1.54) is 83.5 Å². The van der Waals surface area contributed by atoms with Gasteiger partial charge in [-0.25, -0.2) is 0 Å². The molecule has 0 aliphatic rings. The molecule has 2 atom stereocenters. The number of phosphoric ester groups is 1. The van der Waals surface area contributed by atoms with Crippen molar-refractivity contribution in [3.8, 4) is 0 Å². The number of aliphatic hydroxyl groups excluding tert-OH is 1. The van der Waals surface area contributed by atoms with Gasteiger partial charge in [0.2, 0.25) is 0 Å². The molecule has 0 aromatic carbocycles. The van der Waals surface area contributed by atoms with E-state index in [9.17, 15) is 14.6 Å². The molecule has 0 rings (SSSR count). The summed E-state index contributed by atoms with van der Waals surface area (Å²) in [6.07, 6.45) is 20.6. The maximum atomic E-state index is 11.8. The molecule has 0 radical (unpaired) electrons. The summed E-state index contributed by atoms with van der Waals surface area (Å²) in [5.41, 5.74) is 0. The van der Waals surface area contributed by atoms with Gasteiger partial charge in [-0.3, -0.25) is 4.57 Å². The van der Waals surface area contributed by atoms with Crippen LogP contribution in [-0.4, -0.2) is 57.1 Å². The molecule has 0 fully saturated rings. The zero-order valence-electron chi connectivity index (χ0n) is 21.7. The van der Waals surface area contributed by atoms with Crippen molar-refractivity contribution in [1.82, 2.24) is 0 Å². The third-order valence-corrected chi connectivity index (χ3v) is 6.92. The Bertz CT molecular complexity index is 456. The summed E-state index contributed by atoms with van der Waals surface area (Å²) < 4.78 is 22.4.